The Morgan fingerprint density at radius 3 is 0.915 bits per heavy atom. The number of carbonyl (C=O) groups is 8. The molecule has 0 radical (unpaired) electrons. The standard InChI is InChI=1S/C19H17F5N2O2.C17H12F5NO3.C15H8F5NO3.C13H7F3INO.C7H4FIO2.C6H5F2N/c1-3-10(2)25-18(28)19(23,24)13-8-11(4-6-14(13)20)17(27)26-12-5-7-15(21)16(22)9-12;1-2-26-16(25)17(21,22)11-7-9(3-5-12(11)18)15(24)23-10-4-6-13(19)14(20)8-10;16-10-3-1-7(5-9(10)15(19,20)14(23)24)13(22)21-8-2-4-11(17)12(18)6-8;14-9-4-2-8(6-11(9)16)18-13(19)7-1-3-10(15)12(17)5-7;8-5-2-1-4(7(10)11)3-6(5)9;7-5-2-1-4(9)3-6(5)8/h4-10H,3H2,1-2H3,(H,25,28)(H,26,27);3-8H,2H2,1H3,(H,23,24);1-6H,(H,21,22)(H,23,24);1-6H,(H,18,19);1-3H,(H,10,11);1-3H,9H2. The van der Waals surface area contributed by atoms with Gasteiger partial charge in [-0.1, -0.05) is 6.92 Å². The molecule has 10 aromatic rings. The summed E-state index contributed by atoms with van der Waals surface area (Å²) in [5.74, 6) is -39.9. The number of carboxylic acid groups (broad SMARTS) is 2. The van der Waals surface area contributed by atoms with Gasteiger partial charge in [0.15, 0.2) is 58.2 Å². The van der Waals surface area contributed by atoms with Gasteiger partial charge in [-0.3, -0.25) is 24.0 Å². The number of rotatable bonds is 18. The molecule has 5 amide bonds. The van der Waals surface area contributed by atoms with E-state index in [2.05, 4.69) is 31.3 Å². The molecule has 10 aromatic carbocycles. The molecule has 0 aliphatic heterocycles. The SMILES string of the molecule is CCC(C)NC(=O)C(F)(F)c1cc(C(=O)Nc2ccc(F)c(F)c2)ccc1F.CCOC(=O)C(F)(F)c1cc(C(=O)Nc2ccc(F)c(F)c2)ccc1F.Nc1ccc(F)c(F)c1.O=C(Nc1ccc(F)c(F)c1)c1ccc(F)c(C(F)(F)C(=O)O)c1.O=C(Nc1ccc(F)c(F)c1)c1ccc(F)c(I)c1.O=C(O)c1ccc(F)c(I)c1. The molecule has 10 rings (SSSR count). The van der Waals surface area contributed by atoms with Gasteiger partial charge in [-0.25, -0.2) is 80.2 Å². The summed E-state index contributed by atoms with van der Waals surface area (Å²) in [7, 11) is 0. The fourth-order valence-corrected chi connectivity index (χ4v) is 9.63. The number of esters is 1. The number of hydrogen-bond donors (Lipinski definition) is 8. The van der Waals surface area contributed by atoms with Gasteiger partial charge in [0.2, 0.25) is 0 Å². The van der Waals surface area contributed by atoms with Crippen LogP contribution < -0.4 is 32.3 Å². The first kappa shape index (κ1) is 95.3. The quantitative estimate of drug-likeness (QED) is 0.0172. The third-order valence-corrected chi connectivity index (χ3v) is 16.4. The highest BCUT2D eigenvalue weighted by Crippen LogP contribution is 2.36. The number of amides is 5. The van der Waals surface area contributed by atoms with Crippen LogP contribution in [0.25, 0.3) is 0 Å². The lowest BCUT2D eigenvalue weighted by atomic mass is 10.0. The Kier molecular flexibility index (Phi) is 34.5. The zero-order valence-electron chi connectivity index (χ0n) is 59.2. The van der Waals surface area contributed by atoms with Crippen LogP contribution in [0.1, 0.15) is 95.7 Å². The molecule has 1 atom stereocenters. The van der Waals surface area contributed by atoms with Crippen LogP contribution in [-0.2, 0) is 36.9 Å². The number of carbonyl (C=O) groups excluding carboxylic acids is 6. The highest BCUT2D eigenvalue weighted by atomic mass is 127. The average Bonchev–Trinajstić information content (AvgIpc) is 0.797. The zero-order chi connectivity index (χ0) is 87.9. The van der Waals surface area contributed by atoms with Gasteiger partial charge < -0.3 is 47.3 Å². The number of hydrogen-bond acceptors (Lipinski definition) is 10. The van der Waals surface area contributed by atoms with Gasteiger partial charge in [0, 0.05) is 88.1 Å². The minimum atomic E-state index is -4.54. The van der Waals surface area contributed by atoms with Crippen LogP contribution in [0.3, 0.4) is 0 Å². The number of aliphatic carboxylic acids is 1. The summed E-state index contributed by atoms with van der Waals surface area (Å²) >= 11 is 3.50. The largest absolute Gasteiger partial charge is 0.478 e. The summed E-state index contributed by atoms with van der Waals surface area (Å²) in [6, 6.07) is 26.5. The molecule has 0 heterocycles. The van der Waals surface area contributed by atoms with Crippen molar-refractivity contribution >= 4 is 121 Å². The Labute approximate surface area is 673 Å². The van der Waals surface area contributed by atoms with Gasteiger partial charge in [0.05, 0.1) is 28.9 Å². The monoisotopic (exact) mass is 1890 g/mol. The fourth-order valence-electron chi connectivity index (χ4n) is 8.59. The van der Waals surface area contributed by atoms with E-state index in [4.69, 9.17) is 15.9 Å². The van der Waals surface area contributed by atoms with Crippen LogP contribution in [0.15, 0.2) is 182 Å². The molecule has 0 aromatic heterocycles. The molecule has 17 nitrogen and oxygen atoms in total. The molecule has 0 saturated carbocycles. The highest BCUT2D eigenvalue weighted by Gasteiger charge is 2.47. The normalized spacial score (nSPS) is 11.1. The van der Waals surface area contributed by atoms with Gasteiger partial charge in [-0.2, -0.15) is 26.3 Å². The topological polar surface area (TPSA) is 272 Å². The predicted octanol–water partition coefficient (Wildman–Crippen LogP) is 19.5. The first-order chi connectivity index (χ1) is 54.6. The molecular weight excluding hydrogens is 1840 g/mol. The Morgan fingerprint density at radius 2 is 0.632 bits per heavy atom. The van der Waals surface area contributed by atoms with Crippen molar-refractivity contribution in [3.8, 4) is 0 Å². The molecule has 117 heavy (non-hydrogen) atoms. The summed E-state index contributed by atoms with van der Waals surface area (Å²) in [6.45, 7) is 4.14. The molecule has 40 heteroatoms. The molecule has 0 spiro atoms. The number of anilines is 5. The van der Waals surface area contributed by atoms with Gasteiger partial charge in [0.1, 0.15) is 29.1 Å². The number of carboxylic acids is 2. The van der Waals surface area contributed by atoms with Crippen LogP contribution in [0.2, 0.25) is 0 Å². The molecule has 0 bridgehead atoms. The fraction of sp³-hybridized carbons (Fsp3) is 0.117. The van der Waals surface area contributed by atoms with Crippen LogP contribution in [0.5, 0.6) is 0 Å². The number of aromatic carboxylic acids is 1. The predicted molar refractivity (Wildman–Crippen MR) is 396 cm³/mol. The molecule has 0 fully saturated rings. The number of benzene rings is 10. The second kappa shape index (κ2) is 42.4. The lowest BCUT2D eigenvalue weighted by molar-refractivity contribution is -0.173. The molecular formula is C77H53F21I2N6O11. The number of halogens is 23. The van der Waals surface area contributed by atoms with E-state index < -0.39 is 192 Å². The third-order valence-electron chi connectivity index (χ3n) is 14.8. The number of nitrogen functional groups attached to an aromatic ring is 1. The van der Waals surface area contributed by atoms with Gasteiger partial charge in [-0.15, -0.1) is 0 Å². The summed E-state index contributed by atoms with van der Waals surface area (Å²) in [4.78, 5) is 92.1. The van der Waals surface area contributed by atoms with Crippen LogP contribution in [0.4, 0.5) is 121 Å². The van der Waals surface area contributed by atoms with Crippen LogP contribution in [-0.4, -0.2) is 70.3 Å². The van der Waals surface area contributed by atoms with E-state index >= 15 is 0 Å². The van der Waals surface area contributed by atoms with E-state index in [-0.39, 0.29) is 46.2 Å². The molecule has 0 aliphatic carbocycles. The van der Waals surface area contributed by atoms with Crippen molar-refractivity contribution in [2.75, 3.05) is 33.6 Å². The first-order valence-electron chi connectivity index (χ1n) is 32.3. The van der Waals surface area contributed by atoms with Gasteiger partial charge in [0.25, 0.3) is 29.5 Å². The van der Waals surface area contributed by atoms with Crippen molar-refractivity contribution in [1.29, 1.82) is 0 Å². The Hall–Kier alpha value is -12.3. The van der Waals surface area contributed by atoms with Crippen molar-refractivity contribution in [3.63, 3.8) is 0 Å². The van der Waals surface area contributed by atoms with Crippen molar-refractivity contribution in [2.24, 2.45) is 0 Å². The minimum absolute atomic E-state index is 0.107. The summed E-state index contributed by atoms with van der Waals surface area (Å²) < 4.78 is 283. The third kappa shape index (κ3) is 27.2. The molecule has 9 N–H and O–H groups in total. The van der Waals surface area contributed by atoms with E-state index in [0.29, 0.717) is 68.2 Å². The molecule has 1 unspecified atom stereocenters. The molecule has 618 valence electrons. The maximum atomic E-state index is 14.4. The molecule has 0 aliphatic rings. The smallest absolute Gasteiger partial charge is 0.382 e. The lowest BCUT2D eigenvalue weighted by Crippen LogP contribution is -2.43. The maximum Gasteiger partial charge on any atom is 0.382 e. The Balaban J connectivity index is 0.000000259. The van der Waals surface area contributed by atoms with Gasteiger partial charge >= 0.3 is 35.7 Å². The Morgan fingerprint density at radius 1 is 0.359 bits per heavy atom. The highest BCUT2D eigenvalue weighted by molar-refractivity contribution is 14.1. The van der Waals surface area contributed by atoms with Crippen molar-refractivity contribution in [3.05, 3.63) is 321 Å². The van der Waals surface area contributed by atoms with Crippen molar-refractivity contribution < 1.29 is 146 Å². The zero-order valence-corrected chi connectivity index (χ0v) is 63.5. The number of alkyl halides is 6. The number of ether oxygens (including phenoxy) is 1. The average molecular weight is 1890 g/mol. The maximum absolute atomic E-state index is 14.4. The minimum Gasteiger partial charge on any atom is -0.478 e. The van der Waals surface area contributed by atoms with E-state index in [1.165, 1.54) is 56.3 Å². The van der Waals surface area contributed by atoms with E-state index in [0.717, 1.165) is 84.9 Å². The summed E-state index contributed by atoms with van der Waals surface area (Å²) in [5, 5.41) is 27.8. The van der Waals surface area contributed by atoms with E-state index in [1.807, 2.05) is 0 Å². The number of nitrogens with two attached hydrogens (primary N) is 1. The second-order valence-electron chi connectivity index (χ2n) is 23.2. The first-order valence-corrected chi connectivity index (χ1v) is 34.4. The second-order valence-corrected chi connectivity index (χ2v) is 25.5. The van der Waals surface area contributed by atoms with Crippen LogP contribution >= 0.6 is 45.2 Å². The number of nitrogens with one attached hydrogen (secondary N) is 5. The van der Waals surface area contributed by atoms with Crippen molar-refractivity contribution in [1.82, 2.24) is 5.32 Å². The summed E-state index contributed by atoms with van der Waals surface area (Å²) in [5.41, 5.74) is -0.0286. The Bertz CT molecular complexity index is 5360. The molecule has 0 saturated heterocycles. The van der Waals surface area contributed by atoms with E-state index in [9.17, 15) is 131 Å². The lowest BCUT2D eigenvalue weighted by Gasteiger charge is -2.20. The van der Waals surface area contributed by atoms with Crippen molar-refractivity contribution in [2.45, 2.75) is 51.0 Å². The van der Waals surface area contributed by atoms with Gasteiger partial charge in [-0.05, 0) is 223 Å². The summed E-state index contributed by atoms with van der Waals surface area (Å²) in [6.07, 6.45) is 0.390. The van der Waals surface area contributed by atoms with Crippen LogP contribution in [0, 0.1) is 94.4 Å². The van der Waals surface area contributed by atoms with E-state index in [1.54, 1.807) is 52.1 Å².